The molecular formula is C12H17FN2O2S. The van der Waals surface area contributed by atoms with Gasteiger partial charge in [0.15, 0.2) is 0 Å². The van der Waals surface area contributed by atoms with Crippen LogP contribution in [0.2, 0.25) is 0 Å². The minimum absolute atomic E-state index is 0.0193. The fourth-order valence-electron chi connectivity index (χ4n) is 1.47. The molecule has 6 heteroatoms. The summed E-state index contributed by atoms with van der Waals surface area (Å²) in [5.41, 5.74) is 0.402. The van der Waals surface area contributed by atoms with Crippen LogP contribution in [0.25, 0.3) is 0 Å². The molecule has 0 aliphatic heterocycles. The van der Waals surface area contributed by atoms with Crippen molar-refractivity contribution in [2.75, 3.05) is 23.9 Å². The van der Waals surface area contributed by atoms with E-state index in [2.05, 4.69) is 10.6 Å². The van der Waals surface area contributed by atoms with E-state index >= 15 is 0 Å². The Kier molecular flexibility index (Phi) is 6.53. The Balaban J connectivity index is 2.49. The summed E-state index contributed by atoms with van der Waals surface area (Å²) in [4.78, 5) is 11.6. The molecule has 1 aromatic carbocycles. The second kappa shape index (κ2) is 7.94. The minimum atomic E-state index is -0.399. The van der Waals surface area contributed by atoms with Gasteiger partial charge in [0.1, 0.15) is 5.82 Å². The number of benzene rings is 1. The molecule has 4 nitrogen and oxygen atoms in total. The Labute approximate surface area is 110 Å². The van der Waals surface area contributed by atoms with Crippen LogP contribution in [0, 0.1) is 5.82 Å². The fourth-order valence-corrected chi connectivity index (χ4v) is 2.13. The summed E-state index contributed by atoms with van der Waals surface area (Å²) in [6.45, 7) is 0.0193. The number of hydrogen-bond acceptors (Lipinski definition) is 3. The largest absolute Gasteiger partial charge is 0.396 e. The van der Waals surface area contributed by atoms with Gasteiger partial charge in [0, 0.05) is 24.1 Å². The monoisotopic (exact) mass is 272 g/mol. The predicted octanol–water partition coefficient (Wildman–Crippen LogP) is 2.06. The fraction of sp³-hybridized carbons (Fsp3) is 0.417. The zero-order valence-corrected chi connectivity index (χ0v) is 11.0. The number of hydrogen-bond donors (Lipinski definition) is 3. The zero-order valence-electron chi connectivity index (χ0n) is 10.1. The van der Waals surface area contributed by atoms with Crippen LogP contribution in [0.1, 0.15) is 6.42 Å². The van der Waals surface area contributed by atoms with Crippen LogP contribution in [0.15, 0.2) is 24.3 Å². The van der Waals surface area contributed by atoms with E-state index in [0.717, 1.165) is 5.75 Å². The van der Waals surface area contributed by atoms with Crippen molar-refractivity contribution in [3.8, 4) is 0 Å². The van der Waals surface area contributed by atoms with Gasteiger partial charge in [-0.3, -0.25) is 0 Å². The average molecular weight is 272 g/mol. The van der Waals surface area contributed by atoms with E-state index in [4.69, 9.17) is 5.11 Å². The number of halogens is 1. The maximum atomic E-state index is 12.9. The van der Waals surface area contributed by atoms with Gasteiger partial charge in [-0.15, -0.1) is 0 Å². The van der Waals surface area contributed by atoms with Crippen LogP contribution in [-0.4, -0.2) is 35.8 Å². The van der Waals surface area contributed by atoms with E-state index in [1.165, 1.54) is 18.2 Å². The smallest absolute Gasteiger partial charge is 0.319 e. The minimum Gasteiger partial charge on any atom is -0.396 e. The molecule has 1 aromatic rings. The summed E-state index contributed by atoms with van der Waals surface area (Å²) in [6.07, 6.45) is 2.42. The first-order chi connectivity index (χ1) is 8.65. The molecule has 18 heavy (non-hydrogen) atoms. The van der Waals surface area contributed by atoms with Crippen LogP contribution < -0.4 is 10.6 Å². The molecule has 0 saturated carbocycles. The molecule has 3 N–H and O–H groups in total. The third-order valence-corrected chi connectivity index (χ3v) is 3.00. The third-order valence-electron chi connectivity index (χ3n) is 2.26. The van der Waals surface area contributed by atoms with Gasteiger partial charge in [-0.05, 0) is 30.9 Å². The molecule has 100 valence electrons. The summed E-state index contributed by atoms with van der Waals surface area (Å²) in [5, 5.41) is 14.2. The summed E-state index contributed by atoms with van der Waals surface area (Å²) in [5.74, 6) is 0.320. The number of carbonyl (C=O) groups excluding carboxylic acids is 1. The zero-order chi connectivity index (χ0) is 13.4. The lowest BCUT2D eigenvalue weighted by atomic mass is 10.2. The van der Waals surface area contributed by atoms with Gasteiger partial charge >= 0.3 is 6.03 Å². The summed E-state index contributed by atoms with van der Waals surface area (Å²) >= 11 is 1.59. The van der Waals surface area contributed by atoms with Crippen molar-refractivity contribution in [1.29, 1.82) is 0 Å². The van der Waals surface area contributed by atoms with E-state index < -0.39 is 11.8 Å². The van der Waals surface area contributed by atoms with Crippen LogP contribution >= 0.6 is 11.8 Å². The highest BCUT2D eigenvalue weighted by molar-refractivity contribution is 7.98. The quantitative estimate of drug-likeness (QED) is 0.743. The van der Waals surface area contributed by atoms with Crippen molar-refractivity contribution in [3.63, 3.8) is 0 Å². The number of urea groups is 1. The summed E-state index contributed by atoms with van der Waals surface area (Å²) < 4.78 is 12.9. The maximum absolute atomic E-state index is 12.9. The number of thioether (sulfide) groups is 1. The van der Waals surface area contributed by atoms with Gasteiger partial charge < -0.3 is 15.7 Å². The van der Waals surface area contributed by atoms with E-state index in [0.29, 0.717) is 12.1 Å². The molecule has 0 aliphatic carbocycles. The van der Waals surface area contributed by atoms with Crippen molar-refractivity contribution in [1.82, 2.24) is 5.32 Å². The summed E-state index contributed by atoms with van der Waals surface area (Å²) in [6, 6.07) is 5.20. The van der Waals surface area contributed by atoms with Crippen molar-refractivity contribution in [2.24, 2.45) is 0 Å². The SMILES string of the molecule is CSCC(CCO)NC(=O)Nc1cccc(F)c1. The first-order valence-corrected chi connectivity index (χ1v) is 6.98. The Hall–Kier alpha value is -1.27. The predicted molar refractivity (Wildman–Crippen MR) is 72.4 cm³/mol. The molecule has 0 aromatic heterocycles. The van der Waals surface area contributed by atoms with Crippen LogP contribution in [0.5, 0.6) is 0 Å². The lowest BCUT2D eigenvalue weighted by Gasteiger charge is -2.17. The summed E-state index contributed by atoms with van der Waals surface area (Å²) in [7, 11) is 0. The van der Waals surface area contributed by atoms with Crippen molar-refractivity contribution in [3.05, 3.63) is 30.1 Å². The highest BCUT2D eigenvalue weighted by Crippen LogP contribution is 2.09. The van der Waals surface area contributed by atoms with Gasteiger partial charge in [-0.2, -0.15) is 11.8 Å². The first-order valence-electron chi connectivity index (χ1n) is 5.58. The Morgan fingerprint density at radius 2 is 2.33 bits per heavy atom. The number of carbonyl (C=O) groups is 1. The van der Waals surface area contributed by atoms with Crippen molar-refractivity contribution < 1.29 is 14.3 Å². The van der Waals surface area contributed by atoms with Crippen LogP contribution in [0.3, 0.4) is 0 Å². The number of nitrogens with one attached hydrogen (secondary N) is 2. The number of aliphatic hydroxyl groups excluding tert-OH is 1. The van der Waals surface area contributed by atoms with E-state index in [1.54, 1.807) is 17.8 Å². The normalized spacial score (nSPS) is 11.9. The Morgan fingerprint density at radius 3 is 2.94 bits per heavy atom. The van der Waals surface area contributed by atoms with Crippen LogP contribution in [-0.2, 0) is 0 Å². The molecule has 1 rings (SSSR count). The van der Waals surface area contributed by atoms with Gasteiger partial charge in [0.2, 0.25) is 0 Å². The van der Waals surface area contributed by atoms with E-state index in [-0.39, 0.29) is 12.6 Å². The van der Waals surface area contributed by atoms with Gasteiger partial charge in [-0.25, -0.2) is 9.18 Å². The van der Waals surface area contributed by atoms with Gasteiger partial charge in [-0.1, -0.05) is 6.07 Å². The molecule has 2 amide bonds. The molecule has 0 bridgehead atoms. The number of aliphatic hydroxyl groups is 1. The van der Waals surface area contributed by atoms with Gasteiger partial charge in [0.25, 0.3) is 0 Å². The highest BCUT2D eigenvalue weighted by Gasteiger charge is 2.11. The molecule has 1 atom stereocenters. The molecular weight excluding hydrogens is 255 g/mol. The molecule has 0 saturated heterocycles. The second-order valence-corrected chi connectivity index (χ2v) is 4.68. The maximum Gasteiger partial charge on any atom is 0.319 e. The number of rotatable bonds is 6. The highest BCUT2D eigenvalue weighted by atomic mass is 32.2. The van der Waals surface area contributed by atoms with Gasteiger partial charge in [0.05, 0.1) is 0 Å². The molecule has 1 unspecified atom stereocenters. The van der Waals surface area contributed by atoms with E-state index in [9.17, 15) is 9.18 Å². The molecule has 0 fully saturated rings. The Morgan fingerprint density at radius 1 is 1.56 bits per heavy atom. The lowest BCUT2D eigenvalue weighted by molar-refractivity contribution is 0.241. The lowest BCUT2D eigenvalue weighted by Crippen LogP contribution is -2.40. The van der Waals surface area contributed by atoms with Crippen molar-refractivity contribution in [2.45, 2.75) is 12.5 Å². The van der Waals surface area contributed by atoms with Crippen LogP contribution in [0.4, 0.5) is 14.9 Å². The van der Waals surface area contributed by atoms with Crippen molar-refractivity contribution >= 4 is 23.5 Å². The molecule has 0 aliphatic rings. The number of amides is 2. The van der Waals surface area contributed by atoms with E-state index in [1.807, 2.05) is 6.26 Å². The average Bonchev–Trinajstić information content (AvgIpc) is 2.29. The molecule has 0 heterocycles. The standard InChI is InChI=1S/C12H17FN2O2S/c1-18-8-11(5-6-16)15-12(17)14-10-4-2-3-9(13)7-10/h2-4,7,11,16H,5-6,8H2,1H3,(H2,14,15,17). The first kappa shape index (κ1) is 14.8. The molecule has 0 spiro atoms. The third kappa shape index (κ3) is 5.37. The number of anilines is 1. The molecule has 0 radical (unpaired) electrons. The topological polar surface area (TPSA) is 61.4 Å². The second-order valence-electron chi connectivity index (χ2n) is 3.77. The Bertz CT molecular complexity index is 384.